The van der Waals surface area contributed by atoms with Gasteiger partial charge in [-0.25, -0.2) is 0 Å². The monoisotopic (exact) mass is 320 g/mol. The van der Waals surface area contributed by atoms with E-state index in [0.29, 0.717) is 26.2 Å². The summed E-state index contributed by atoms with van der Waals surface area (Å²) in [5, 5.41) is 6.40. The van der Waals surface area contributed by atoms with Gasteiger partial charge >= 0.3 is 0 Å². The molecule has 128 valence electrons. The minimum absolute atomic E-state index is 0.0339. The minimum atomic E-state index is 0.0339. The predicted octanol–water partition coefficient (Wildman–Crippen LogP) is 1.90. The molecule has 1 aliphatic rings. The highest BCUT2D eigenvalue weighted by molar-refractivity contribution is 5.76. The van der Waals surface area contributed by atoms with E-state index in [1.54, 1.807) is 7.11 Å². The van der Waals surface area contributed by atoms with Gasteiger partial charge in [0.1, 0.15) is 5.75 Å². The van der Waals surface area contributed by atoms with Crippen LogP contribution in [0.15, 0.2) is 24.3 Å². The molecule has 0 radical (unpaired) electrons. The van der Waals surface area contributed by atoms with Gasteiger partial charge in [0.15, 0.2) is 0 Å². The number of methoxy groups -OCH3 is 1. The molecule has 1 heterocycles. The van der Waals surface area contributed by atoms with Gasteiger partial charge in [0.25, 0.3) is 0 Å². The first-order valence-electron chi connectivity index (χ1n) is 8.29. The Bertz CT molecular complexity index is 493. The first-order valence-corrected chi connectivity index (χ1v) is 8.29. The van der Waals surface area contributed by atoms with E-state index in [4.69, 9.17) is 9.47 Å². The van der Waals surface area contributed by atoms with Gasteiger partial charge in [-0.2, -0.15) is 0 Å². The normalized spacial score (nSPS) is 16.8. The maximum absolute atomic E-state index is 12.0. The smallest absolute Gasteiger partial charge is 0.223 e. The summed E-state index contributed by atoms with van der Waals surface area (Å²) in [6.07, 6.45) is 2.43. The van der Waals surface area contributed by atoms with Crippen molar-refractivity contribution in [1.82, 2.24) is 10.6 Å². The molecular formula is C18H28N2O3. The summed E-state index contributed by atoms with van der Waals surface area (Å²) >= 11 is 0. The van der Waals surface area contributed by atoms with Crippen LogP contribution in [-0.2, 0) is 9.53 Å². The standard InChI is InChI=1S/C18H28N2O3/c1-15-4-3-5-16(12-15)23-11-6-17(21)20-13-18(14-22-2)7-9-19-10-8-18/h3-5,12,19H,6-11,13-14H2,1-2H3,(H,20,21). The van der Waals surface area contributed by atoms with Gasteiger partial charge in [-0.15, -0.1) is 0 Å². The molecule has 1 aliphatic heterocycles. The number of aryl methyl sites for hydroxylation is 1. The van der Waals surface area contributed by atoms with Gasteiger partial charge in [0.05, 0.1) is 19.6 Å². The maximum atomic E-state index is 12.0. The lowest BCUT2D eigenvalue weighted by molar-refractivity contribution is -0.122. The fourth-order valence-electron chi connectivity index (χ4n) is 2.98. The number of hydrogen-bond donors (Lipinski definition) is 2. The summed E-state index contributed by atoms with van der Waals surface area (Å²) in [4.78, 5) is 12.0. The predicted molar refractivity (Wildman–Crippen MR) is 90.7 cm³/mol. The Hall–Kier alpha value is -1.59. The third kappa shape index (κ3) is 5.84. The first kappa shape index (κ1) is 17.8. The lowest BCUT2D eigenvalue weighted by Gasteiger charge is -2.37. The van der Waals surface area contributed by atoms with E-state index in [9.17, 15) is 4.79 Å². The third-order valence-electron chi connectivity index (χ3n) is 4.36. The Labute approximate surface area is 138 Å². The highest BCUT2D eigenvalue weighted by Gasteiger charge is 2.32. The summed E-state index contributed by atoms with van der Waals surface area (Å²) < 4.78 is 11.0. The molecule has 0 aromatic heterocycles. The number of amides is 1. The van der Waals surface area contributed by atoms with E-state index in [0.717, 1.165) is 37.2 Å². The SMILES string of the molecule is COCC1(CNC(=O)CCOc2cccc(C)c2)CCNCC1. The lowest BCUT2D eigenvalue weighted by atomic mass is 9.79. The molecule has 1 saturated heterocycles. The van der Waals surface area contributed by atoms with Crippen molar-refractivity contribution in [2.75, 3.05) is 40.0 Å². The highest BCUT2D eigenvalue weighted by Crippen LogP contribution is 2.28. The molecule has 1 aromatic carbocycles. The number of hydrogen-bond acceptors (Lipinski definition) is 4. The summed E-state index contributed by atoms with van der Waals surface area (Å²) in [5.74, 6) is 0.846. The zero-order valence-electron chi connectivity index (χ0n) is 14.2. The highest BCUT2D eigenvalue weighted by atomic mass is 16.5. The summed E-state index contributed by atoms with van der Waals surface area (Å²) in [6, 6.07) is 7.86. The minimum Gasteiger partial charge on any atom is -0.493 e. The molecule has 2 N–H and O–H groups in total. The average Bonchev–Trinajstić information content (AvgIpc) is 2.54. The van der Waals surface area contributed by atoms with E-state index in [2.05, 4.69) is 10.6 Å². The summed E-state index contributed by atoms with van der Waals surface area (Å²) in [6.45, 7) is 5.74. The number of benzene rings is 1. The van der Waals surface area contributed by atoms with E-state index >= 15 is 0 Å². The van der Waals surface area contributed by atoms with E-state index in [1.165, 1.54) is 0 Å². The quantitative estimate of drug-likeness (QED) is 0.768. The van der Waals surface area contributed by atoms with Crippen LogP contribution in [0.5, 0.6) is 5.75 Å². The second-order valence-electron chi connectivity index (χ2n) is 6.37. The maximum Gasteiger partial charge on any atom is 0.223 e. The fraction of sp³-hybridized carbons (Fsp3) is 0.611. The van der Waals surface area contributed by atoms with Gasteiger partial charge in [-0.1, -0.05) is 12.1 Å². The van der Waals surface area contributed by atoms with E-state index < -0.39 is 0 Å². The molecule has 0 unspecified atom stereocenters. The van der Waals surface area contributed by atoms with Crippen LogP contribution in [0.25, 0.3) is 0 Å². The molecule has 0 bridgehead atoms. The van der Waals surface area contributed by atoms with Gasteiger partial charge in [-0.05, 0) is 50.6 Å². The Morgan fingerprint density at radius 3 is 2.83 bits per heavy atom. The Balaban J connectivity index is 1.71. The number of carbonyl (C=O) groups excluding carboxylic acids is 1. The molecule has 5 heteroatoms. The van der Waals surface area contributed by atoms with E-state index in [1.807, 2.05) is 31.2 Å². The topological polar surface area (TPSA) is 59.6 Å². The van der Waals surface area contributed by atoms with Crippen molar-refractivity contribution in [3.05, 3.63) is 29.8 Å². The molecule has 1 aromatic rings. The average molecular weight is 320 g/mol. The summed E-state index contributed by atoms with van der Waals surface area (Å²) in [7, 11) is 1.72. The van der Waals surface area contributed by atoms with Crippen molar-refractivity contribution in [2.45, 2.75) is 26.2 Å². The zero-order chi connectivity index (χ0) is 16.5. The van der Waals surface area contributed by atoms with Crippen LogP contribution in [0, 0.1) is 12.3 Å². The van der Waals surface area contributed by atoms with Crippen LogP contribution in [0.3, 0.4) is 0 Å². The fourth-order valence-corrected chi connectivity index (χ4v) is 2.98. The van der Waals surface area contributed by atoms with Crippen molar-refractivity contribution in [2.24, 2.45) is 5.41 Å². The van der Waals surface area contributed by atoms with Crippen molar-refractivity contribution in [3.63, 3.8) is 0 Å². The van der Waals surface area contributed by atoms with Crippen LogP contribution in [0.2, 0.25) is 0 Å². The van der Waals surface area contributed by atoms with Crippen molar-refractivity contribution in [3.8, 4) is 5.75 Å². The zero-order valence-corrected chi connectivity index (χ0v) is 14.2. The van der Waals surface area contributed by atoms with Gasteiger partial charge in [-0.3, -0.25) is 4.79 Å². The Morgan fingerprint density at radius 1 is 1.35 bits per heavy atom. The number of carbonyl (C=O) groups is 1. The number of rotatable bonds is 8. The van der Waals surface area contributed by atoms with Crippen molar-refractivity contribution < 1.29 is 14.3 Å². The van der Waals surface area contributed by atoms with Crippen molar-refractivity contribution >= 4 is 5.91 Å². The van der Waals surface area contributed by atoms with Crippen LogP contribution in [0.4, 0.5) is 0 Å². The molecule has 0 spiro atoms. The lowest BCUT2D eigenvalue weighted by Crippen LogP contribution is -2.47. The molecule has 1 fully saturated rings. The number of piperidine rings is 1. The molecule has 1 amide bonds. The molecule has 0 aliphatic carbocycles. The molecule has 5 nitrogen and oxygen atoms in total. The third-order valence-corrected chi connectivity index (χ3v) is 4.36. The molecule has 23 heavy (non-hydrogen) atoms. The Kier molecular flexibility index (Phi) is 6.86. The van der Waals surface area contributed by atoms with Gasteiger partial charge < -0.3 is 20.1 Å². The van der Waals surface area contributed by atoms with Crippen LogP contribution in [0.1, 0.15) is 24.8 Å². The molecular weight excluding hydrogens is 292 g/mol. The Morgan fingerprint density at radius 2 is 2.13 bits per heavy atom. The number of ether oxygens (including phenoxy) is 2. The van der Waals surface area contributed by atoms with Crippen LogP contribution < -0.4 is 15.4 Å². The van der Waals surface area contributed by atoms with Gasteiger partial charge in [0, 0.05) is 19.1 Å². The first-order chi connectivity index (χ1) is 11.1. The second kappa shape index (κ2) is 8.89. The van der Waals surface area contributed by atoms with Gasteiger partial charge in [0.2, 0.25) is 5.91 Å². The summed E-state index contributed by atoms with van der Waals surface area (Å²) in [5.41, 5.74) is 1.21. The van der Waals surface area contributed by atoms with Crippen LogP contribution in [-0.4, -0.2) is 45.9 Å². The number of nitrogens with one attached hydrogen (secondary N) is 2. The molecule has 0 atom stereocenters. The largest absolute Gasteiger partial charge is 0.493 e. The van der Waals surface area contributed by atoms with Crippen molar-refractivity contribution in [1.29, 1.82) is 0 Å². The molecule has 2 rings (SSSR count). The molecule has 0 saturated carbocycles. The second-order valence-corrected chi connectivity index (χ2v) is 6.37. The van der Waals surface area contributed by atoms with Crippen LogP contribution >= 0.6 is 0 Å². The van der Waals surface area contributed by atoms with E-state index in [-0.39, 0.29) is 11.3 Å².